The molecule has 3 rings (SSSR count). The molecule has 0 atom stereocenters. The minimum absolute atomic E-state index is 0.349. The third-order valence-corrected chi connectivity index (χ3v) is 4.94. The summed E-state index contributed by atoms with van der Waals surface area (Å²) in [5, 5.41) is 2.21. The molecule has 0 unspecified atom stereocenters. The number of hydrogen-bond acceptors (Lipinski definition) is 2. The first kappa shape index (κ1) is 15.1. The van der Waals surface area contributed by atoms with Crippen LogP contribution >= 0.6 is 0 Å². The Hall–Kier alpha value is -1.83. The topological polar surface area (TPSA) is 26.3 Å². The minimum atomic E-state index is 0.349. The van der Waals surface area contributed by atoms with E-state index in [9.17, 15) is 4.79 Å². The number of benzene rings is 2. The van der Waals surface area contributed by atoms with Crippen LogP contribution in [0.2, 0.25) is 0 Å². The largest absolute Gasteiger partial charge is 0.490 e. The molecule has 1 fully saturated rings. The smallest absolute Gasteiger partial charge is 0.150 e. The number of rotatable bonds is 4. The van der Waals surface area contributed by atoms with Gasteiger partial charge in [-0.05, 0) is 66.5 Å². The fourth-order valence-corrected chi connectivity index (χ4v) is 3.45. The molecule has 0 radical (unpaired) electrons. The van der Waals surface area contributed by atoms with Gasteiger partial charge in [0.25, 0.3) is 0 Å². The van der Waals surface area contributed by atoms with E-state index in [4.69, 9.17) is 4.74 Å². The van der Waals surface area contributed by atoms with Gasteiger partial charge < -0.3 is 4.74 Å². The van der Waals surface area contributed by atoms with Crippen LogP contribution in [0.3, 0.4) is 0 Å². The van der Waals surface area contributed by atoms with E-state index in [0.29, 0.717) is 11.7 Å². The lowest BCUT2D eigenvalue weighted by molar-refractivity contribution is 0.112. The summed E-state index contributed by atoms with van der Waals surface area (Å²) in [6.07, 6.45) is 6.10. The molecule has 0 aliphatic heterocycles. The van der Waals surface area contributed by atoms with Crippen LogP contribution in [0.5, 0.6) is 5.75 Å². The lowest BCUT2D eigenvalue weighted by Gasteiger charge is -2.31. The van der Waals surface area contributed by atoms with Crippen LogP contribution in [0.4, 0.5) is 0 Å². The molecule has 1 aliphatic rings. The number of aldehydes is 1. The SMILES string of the molecule is CC(C)C1CCC(Oc2ccc3cc(C=O)ccc3c2)CC1. The fraction of sp³-hybridized carbons (Fsp3) is 0.450. The van der Waals surface area contributed by atoms with Crippen LogP contribution in [0.15, 0.2) is 36.4 Å². The van der Waals surface area contributed by atoms with Crippen LogP contribution in [0.25, 0.3) is 10.8 Å². The highest BCUT2D eigenvalue weighted by Crippen LogP contribution is 2.32. The molecule has 1 saturated carbocycles. The van der Waals surface area contributed by atoms with Crippen LogP contribution in [-0.4, -0.2) is 12.4 Å². The van der Waals surface area contributed by atoms with E-state index < -0.39 is 0 Å². The predicted molar refractivity (Wildman–Crippen MR) is 90.5 cm³/mol. The Morgan fingerprint density at radius 1 is 1.00 bits per heavy atom. The second-order valence-electron chi connectivity index (χ2n) is 6.78. The highest BCUT2D eigenvalue weighted by molar-refractivity contribution is 5.89. The summed E-state index contributed by atoms with van der Waals surface area (Å²) in [5.74, 6) is 2.59. The number of carbonyl (C=O) groups excluding carboxylic acids is 1. The Labute approximate surface area is 132 Å². The van der Waals surface area contributed by atoms with Gasteiger partial charge in [-0.25, -0.2) is 0 Å². The first-order valence-corrected chi connectivity index (χ1v) is 8.31. The van der Waals surface area contributed by atoms with Gasteiger partial charge in [-0.2, -0.15) is 0 Å². The second-order valence-corrected chi connectivity index (χ2v) is 6.78. The Balaban J connectivity index is 1.68. The van der Waals surface area contributed by atoms with E-state index in [-0.39, 0.29) is 0 Å². The maximum absolute atomic E-state index is 10.8. The highest BCUT2D eigenvalue weighted by Gasteiger charge is 2.24. The highest BCUT2D eigenvalue weighted by atomic mass is 16.5. The third kappa shape index (κ3) is 3.32. The Bertz CT molecular complexity index is 652. The molecule has 22 heavy (non-hydrogen) atoms. The molecule has 2 aromatic carbocycles. The minimum Gasteiger partial charge on any atom is -0.490 e. The van der Waals surface area contributed by atoms with Gasteiger partial charge in [-0.1, -0.05) is 32.0 Å². The summed E-state index contributed by atoms with van der Waals surface area (Å²) >= 11 is 0. The molecule has 0 bridgehead atoms. The number of hydrogen-bond donors (Lipinski definition) is 0. The monoisotopic (exact) mass is 296 g/mol. The van der Waals surface area contributed by atoms with Crippen LogP contribution in [0, 0.1) is 11.8 Å². The summed E-state index contributed by atoms with van der Waals surface area (Å²) in [4.78, 5) is 10.8. The third-order valence-electron chi connectivity index (χ3n) is 4.94. The van der Waals surface area contributed by atoms with Crippen LogP contribution in [0.1, 0.15) is 49.9 Å². The van der Waals surface area contributed by atoms with Gasteiger partial charge in [0.05, 0.1) is 6.10 Å². The van der Waals surface area contributed by atoms with Crippen molar-refractivity contribution < 1.29 is 9.53 Å². The van der Waals surface area contributed by atoms with E-state index in [1.165, 1.54) is 12.8 Å². The van der Waals surface area contributed by atoms with Gasteiger partial charge in [0, 0.05) is 5.56 Å². The molecule has 0 saturated heterocycles. The zero-order valence-electron chi connectivity index (χ0n) is 13.4. The van der Waals surface area contributed by atoms with E-state index >= 15 is 0 Å². The summed E-state index contributed by atoms with van der Waals surface area (Å²) in [6, 6.07) is 11.9. The Morgan fingerprint density at radius 2 is 1.68 bits per heavy atom. The summed E-state index contributed by atoms with van der Waals surface area (Å²) in [7, 11) is 0. The maximum Gasteiger partial charge on any atom is 0.150 e. The molecule has 116 valence electrons. The second kappa shape index (κ2) is 6.51. The molecule has 0 aromatic heterocycles. The zero-order valence-corrected chi connectivity index (χ0v) is 13.4. The van der Waals surface area contributed by atoms with Crippen molar-refractivity contribution in [1.29, 1.82) is 0 Å². The Morgan fingerprint density at radius 3 is 2.36 bits per heavy atom. The van der Waals surface area contributed by atoms with Crippen LogP contribution in [-0.2, 0) is 0 Å². The predicted octanol–water partition coefficient (Wildman–Crippen LogP) is 5.25. The number of carbonyl (C=O) groups is 1. The molecular weight excluding hydrogens is 272 g/mol. The van der Waals surface area contributed by atoms with Gasteiger partial charge in [0.2, 0.25) is 0 Å². The van der Waals surface area contributed by atoms with Gasteiger partial charge in [-0.3, -0.25) is 4.79 Å². The molecule has 0 amide bonds. The lowest BCUT2D eigenvalue weighted by Crippen LogP contribution is -2.26. The zero-order chi connectivity index (χ0) is 15.5. The molecule has 0 heterocycles. The molecule has 0 spiro atoms. The molecule has 2 nitrogen and oxygen atoms in total. The van der Waals surface area contributed by atoms with E-state index in [2.05, 4.69) is 19.9 Å². The van der Waals surface area contributed by atoms with Gasteiger partial charge >= 0.3 is 0 Å². The van der Waals surface area contributed by atoms with Crippen molar-refractivity contribution in [3.63, 3.8) is 0 Å². The van der Waals surface area contributed by atoms with Gasteiger partial charge in [0.1, 0.15) is 12.0 Å². The normalized spacial score (nSPS) is 22.0. The average Bonchev–Trinajstić information content (AvgIpc) is 2.55. The van der Waals surface area contributed by atoms with Crippen LogP contribution < -0.4 is 4.74 Å². The van der Waals surface area contributed by atoms with Crippen molar-refractivity contribution in [3.05, 3.63) is 42.0 Å². The van der Waals surface area contributed by atoms with Gasteiger partial charge in [0.15, 0.2) is 0 Å². The van der Waals surface area contributed by atoms with Crippen molar-refractivity contribution in [1.82, 2.24) is 0 Å². The van der Waals surface area contributed by atoms with Crippen molar-refractivity contribution in [2.75, 3.05) is 0 Å². The quantitative estimate of drug-likeness (QED) is 0.721. The van der Waals surface area contributed by atoms with Crippen molar-refractivity contribution in [3.8, 4) is 5.75 Å². The maximum atomic E-state index is 10.8. The van der Waals surface area contributed by atoms with Gasteiger partial charge in [-0.15, -0.1) is 0 Å². The molecular formula is C20H24O2. The number of ether oxygens (including phenoxy) is 1. The Kier molecular flexibility index (Phi) is 4.47. The van der Waals surface area contributed by atoms with E-state index in [1.54, 1.807) is 0 Å². The molecule has 2 aromatic rings. The standard InChI is InChI=1S/C20H24O2/c1-14(2)16-5-8-19(9-6-16)22-20-10-7-17-11-15(13-21)3-4-18(17)12-20/h3-4,7,10-14,16,19H,5-6,8-9H2,1-2H3. The molecule has 0 N–H and O–H groups in total. The lowest BCUT2D eigenvalue weighted by atomic mass is 9.80. The van der Waals surface area contributed by atoms with E-state index in [0.717, 1.165) is 47.5 Å². The van der Waals surface area contributed by atoms with Crippen molar-refractivity contribution >= 4 is 17.1 Å². The summed E-state index contributed by atoms with van der Waals surface area (Å²) < 4.78 is 6.18. The van der Waals surface area contributed by atoms with Crippen molar-refractivity contribution in [2.24, 2.45) is 11.8 Å². The summed E-state index contributed by atoms with van der Waals surface area (Å²) in [6.45, 7) is 4.64. The molecule has 2 heteroatoms. The first-order valence-electron chi connectivity index (χ1n) is 8.31. The summed E-state index contributed by atoms with van der Waals surface area (Å²) in [5.41, 5.74) is 0.716. The average molecular weight is 296 g/mol. The fourth-order valence-electron chi connectivity index (χ4n) is 3.45. The first-order chi connectivity index (χ1) is 10.7. The van der Waals surface area contributed by atoms with E-state index in [1.807, 2.05) is 30.3 Å². The molecule has 1 aliphatic carbocycles. The van der Waals surface area contributed by atoms with Crippen molar-refractivity contribution in [2.45, 2.75) is 45.6 Å². The number of fused-ring (bicyclic) bond motifs is 1.